The SMILES string of the molecule is CC(C)(C)N1C/C=C\CCC(=O)OC[C@H](c2ccccc2)NC(=O)[C@H]2[C@@H]3O[C@@]4(C=C3Br)[C@@H]2C(=O)N(CCO)[C@@H]4C1=O. The third-order valence-electron chi connectivity index (χ3n) is 8.28. The number of carbonyl (C=O) groups excluding carboxylic acids is 4. The fourth-order valence-corrected chi connectivity index (χ4v) is 7.14. The van der Waals surface area contributed by atoms with Gasteiger partial charge in [-0.1, -0.05) is 58.4 Å². The van der Waals surface area contributed by atoms with E-state index in [1.165, 1.54) is 4.90 Å². The van der Waals surface area contributed by atoms with Gasteiger partial charge in [0.15, 0.2) is 0 Å². The van der Waals surface area contributed by atoms with E-state index in [0.29, 0.717) is 10.9 Å². The molecule has 11 heteroatoms. The van der Waals surface area contributed by atoms with Crippen molar-refractivity contribution in [1.29, 1.82) is 0 Å². The van der Waals surface area contributed by atoms with Crippen molar-refractivity contribution in [3.63, 3.8) is 0 Å². The van der Waals surface area contributed by atoms with Crippen molar-refractivity contribution in [3.8, 4) is 0 Å². The van der Waals surface area contributed by atoms with E-state index >= 15 is 0 Å². The lowest BCUT2D eigenvalue weighted by Gasteiger charge is -2.41. The lowest BCUT2D eigenvalue weighted by Crippen LogP contribution is -2.59. The number of fused-ring (bicyclic) bond motifs is 2. The van der Waals surface area contributed by atoms with E-state index in [1.807, 2.05) is 63.3 Å². The van der Waals surface area contributed by atoms with Crippen molar-refractivity contribution in [2.75, 3.05) is 26.3 Å². The highest BCUT2D eigenvalue weighted by molar-refractivity contribution is 9.11. The van der Waals surface area contributed by atoms with Crippen molar-refractivity contribution in [3.05, 3.63) is 58.6 Å². The van der Waals surface area contributed by atoms with Gasteiger partial charge in [0.05, 0.1) is 24.5 Å². The lowest BCUT2D eigenvalue weighted by atomic mass is 9.73. The molecular weight excluding hydrogens is 594 g/mol. The molecule has 6 atom stereocenters. The average molecular weight is 631 g/mol. The van der Waals surface area contributed by atoms with Crippen LogP contribution in [-0.2, 0) is 28.7 Å². The monoisotopic (exact) mass is 629 g/mol. The van der Waals surface area contributed by atoms with Crippen LogP contribution in [0, 0.1) is 11.8 Å². The van der Waals surface area contributed by atoms with E-state index in [2.05, 4.69) is 21.2 Å². The van der Waals surface area contributed by atoms with Crippen LogP contribution in [0.2, 0.25) is 0 Å². The maximum Gasteiger partial charge on any atom is 0.306 e. The second-order valence-corrected chi connectivity index (χ2v) is 12.8. The van der Waals surface area contributed by atoms with Gasteiger partial charge < -0.3 is 29.7 Å². The number of β-amino-alcohol motifs (C(OH)–C–C–N with tert-alkyl or cyclic N) is 1. The molecule has 0 radical (unpaired) electrons. The van der Waals surface area contributed by atoms with Crippen LogP contribution in [0.5, 0.6) is 0 Å². The van der Waals surface area contributed by atoms with Gasteiger partial charge in [0.1, 0.15) is 24.4 Å². The number of esters is 1. The maximum atomic E-state index is 14.4. The molecule has 0 unspecified atom stereocenters. The van der Waals surface area contributed by atoms with E-state index in [9.17, 15) is 24.3 Å². The summed E-state index contributed by atoms with van der Waals surface area (Å²) in [4.78, 5) is 58.0. The molecule has 1 aromatic carbocycles. The van der Waals surface area contributed by atoms with Gasteiger partial charge in [-0.3, -0.25) is 19.2 Å². The fourth-order valence-electron chi connectivity index (χ4n) is 6.41. The Morgan fingerprint density at radius 3 is 2.51 bits per heavy atom. The van der Waals surface area contributed by atoms with Crippen molar-refractivity contribution >= 4 is 39.6 Å². The zero-order valence-electron chi connectivity index (χ0n) is 23.4. The summed E-state index contributed by atoms with van der Waals surface area (Å²) in [6, 6.07) is 7.45. The fraction of sp³-hybridized carbons (Fsp3) is 0.533. The van der Waals surface area contributed by atoms with Crippen molar-refractivity contribution in [1.82, 2.24) is 15.1 Å². The molecule has 4 heterocycles. The summed E-state index contributed by atoms with van der Waals surface area (Å²) in [5, 5.41) is 12.9. The molecule has 5 rings (SSSR count). The Morgan fingerprint density at radius 2 is 1.83 bits per heavy atom. The highest BCUT2D eigenvalue weighted by atomic mass is 79.9. The second-order valence-electron chi connectivity index (χ2n) is 11.9. The zero-order valence-corrected chi connectivity index (χ0v) is 25.0. The molecule has 2 saturated heterocycles. The van der Waals surface area contributed by atoms with Crippen molar-refractivity contribution in [2.24, 2.45) is 11.8 Å². The van der Waals surface area contributed by atoms with Crippen LogP contribution in [-0.4, -0.2) is 88.2 Å². The molecule has 1 aromatic rings. The van der Waals surface area contributed by atoms with Crippen LogP contribution in [0.4, 0.5) is 0 Å². The number of ether oxygens (including phenoxy) is 2. The first-order chi connectivity index (χ1) is 19.5. The Balaban J connectivity index is 1.60. The summed E-state index contributed by atoms with van der Waals surface area (Å²) in [7, 11) is 0. The number of carbonyl (C=O) groups is 4. The first-order valence-corrected chi connectivity index (χ1v) is 14.7. The number of aliphatic hydroxyl groups excluding tert-OH is 1. The Bertz CT molecular complexity index is 1280. The standard InChI is InChI=1S/C30H36BrN3O7/c1-29(2,3)34-13-9-5-8-12-21(36)40-17-20(18-10-6-4-7-11-18)32-26(37)22-23-27(38)33(14-15-35)25(28(34)39)30(23)16-19(31)24(22)41-30/h4-7,9-11,16,20,22-25,35H,8,12-15,17H2,1-3H3,(H,32,37)/b9-5-/t20-,22-,23+,24-,25-,30+/m1/s1. The summed E-state index contributed by atoms with van der Waals surface area (Å²) < 4.78 is 12.6. The minimum Gasteiger partial charge on any atom is -0.463 e. The number of likely N-dealkylation sites (tertiary alicyclic amines) is 1. The Kier molecular flexibility index (Phi) is 8.15. The second kappa shape index (κ2) is 11.3. The zero-order chi connectivity index (χ0) is 29.5. The maximum absolute atomic E-state index is 14.4. The first-order valence-electron chi connectivity index (χ1n) is 13.9. The van der Waals surface area contributed by atoms with E-state index in [-0.39, 0.29) is 38.6 Å². The molecule has 2 fully saturated rings. The average Bonchev–Trinajstić information content (AvgIpc) is 3.51. The van der Waals surface area contributed by atoms with Crippen LogP contribution in [0.25, 0.3) is 0 Å². The number of hydrogen-bond acceptors (Lipinski definition) is 7. The molecule has 0 aromatic heterocycles. The number of allylic oxidation sites excluding steroid dienone is 1. The lowest BCUT2D eigenvalue weighted by molar-refractivity contribution is -0.151. The van der Waals surface area contributed by atoms with Crippen LogP contribution in [0.1, 0.15) is 45.2 Å². The quantitative estimate of drug-likeness (QED) is 0.388. The van der Waals surface area contributed by atoms with Gasteiger partial charge in [-0.15, -0.1) is 0 Å². The Labute approximate surface area is 247 Å². The first kappa shape index (κ1) is 29.5. The number of nitrogens with one attached hydrogen (secondary N) is 1. The smallest absolute Gasteiger partial charge is 0.306 e. The number of rotatable bonds is 3. The van der Waals surface area contributed by atoms with Gasteiger partial charge in [0.2, 0.25) is 17.7 Å². The van der Waals surface area contributed by atoms with Gasteiger partial charge >= 0.3 is 5.97 Å². The van der Waals surface area contributed by atoms with Gasteiger partial charge in [0, 0.05) is 29.5 Å². The normalized spacial score (nSPS) is 33.4. The predicted molar refractivity (Wildman–Crippen MR) is 152 cm³/mol. The van der Waals surface area contributed by atoms with Crippen LogP contribution < -0.4 is 5.32 Å². The van der Waals surface area contributed by atoms with Gasteiger partial charge in [-0.25, -0.2) is 0 Å². The molecule has 2 N–H and O–H groups in total. The summed E-state index contributed by atoms with van der Waals surface area (Å²) in [5.74, 6) is -3.51. The molecule has 220 valence electrons. The van der Waals surface area contributed by atoms with Crippen LogP contribution >= 0.6 is 15.9 Å². The topological polar surface area (TPSA) is 125 Å². The molecule has 4 aliphatic rings. The third-order valence-corrected chi connectivity index (χ3v) is 8.96. The van der Waals surface area contributed by atoms with Gasteiger partial charge in [-0.05, 0) is 38.8 Å². The van der Waals surface area contributed by atoms with Gasteiger partial charge in [0.25, 0.3) is 0 Å². The van der Waals surface area contributed by atoms with Crippen molar-refractivity contribution in [2.45, 2.75) is 62.9 Å². The molecule has 4 aliphatic heterocycles. The van der Waals surface area contributed by atoms with E-state index in [4.69, 9.17) is 9.47 Å². The molecule has 0 saturated carbocycles. The molecule has 0 aliphatic carbocycles. The highest BCUT2D eigenvalue weighted by Crippen LogP contribution is 2.58. The molecule has 3 amide bonds. The number of amides is 3. The molecule has 5 bridgehead atoms. The number of halogens is 1. The summed E-state index contributed by atoms with van der Waals surface area (Å²) in [5.41, 5.74) is -1.26. The van der Waals surface area contributed by atoms with E-state index < -0.39 is 58.9 Å². The third kappa shape index (κ3) is 5.23. The summed E-state index contributed by atoms with van der Waals surface area (Å²) in [6.45, 7) is 5.45. The van der Waals surface area contributed by atoms with Gasteiger partial charge in [-0.2, -0.15) is 0 Å². The largest absolute Gasteiger partial charge is 0.463 e. The number of hydrogen-bond donors (Lipinski definition) is 2. The predicted octanol–water partition coefficient (Wildman–Crippen LogP) is 2.23. The van der Waals surface area contributed by atoms with Crippen molar-refractivity contribution < 1.29 is 33.8 Å². The van der Waals surface area contributed by atoms with E-state index in [0.717, 1.165) is 5.56 Å². The number of cyclic esters (lactones) is 1. The highest BCUT2D eigenvalue weighted by Gasteiger charge is 2.74. The molecular formula is C30H36BrN3O7. The molecule has 1 spiro atoms. The molecule has 41 heavy (non-hydrogen) atoms. The molecule has 10 nitrogen and oxygen atoms in total. The minimum absolute atomic E-state index is 0.0717. The van der Waals surface area contributed by atoms with Crippen LogP contribution in [0.3, 0.4) is 0 Å². The van der Waals surface area contributed by atoms with Crippen LogP contribution in [0.15, 0.2) is 53.0 Å². The summed E-state index contributed by atoms with van der Waals surface area (Å²) >= 11 is 3.55. The minimum atomic E-state index is -1.38. The Morgan fingerprint density at radius 1 is 1.10 bits per heavy atom. The number of benzene rings is 1. The Hall–Kier alpha value is -3.02. The number of aliphatic hydroxyl groups is 1. The summed E-state index contributed by atoms with van der Waals surface area (Å²) in [6.07, 6.45) is 5.22. The van der Waals surface area contributed by atoms with E-state index in [1.54, 1.807) is 11.0 Å². The number of nitrogens with zero attached hydrogens (tertiary/aromatic N) is 2.